The molecule has 3 fully saturated rings. The van der Waals surface area contributed by atoms with Gasteiger partial charge in [0, 0.05) is 177 Å². The second kappa shape index (κ2) is 81.4. The van der Waals surface area contributed by atoms with Crippen molar-refractivity contribution < 1.29 is 31.2 Å². The molecular weight excluding hydrogens is 1570 g/mol. The van der Waals surface area contributed by atoms with Crippen LogP contribution in [0.15, 0.2) is 82.1 Å². The summed E-state index contributed by atoms with van der Waals surface area (Å²) < 4.78 is 54.0. The van der Waals surface area contributed by atoms with E-state index in [1.54, 1.807) is 26.4 Å². The van der Waals surface area contributed by atoms with Crippen LogP contribution < -0.4 is 31.9 Å². The second-order valence-corrected chi connectivity index (χ2v) is 45.2. The highest BCUT2D eigenvalue weighted by molar-refractivity contribution is 8.00. The van der Waals surface area contributed by atoms with E-state index in [1.165, 1.54) is 49.8 Å². The van der Waals surface area contributed by atoms with Gasteiger partial charge in [0.15, 0.2) is 0 Å². The van der Waals surface area contributed by atoms with Gasteiger partial charge >= 0.3 is 0 Å². The Morgan fingerprint density at radius 2 is 0.938 bits per heavy atom. The molecule has 5 unspecified atom stereocenters. The van der Waals surface area contributed by atoms with Crippen molar-refractivity contribution in [2.45, 2.75) is 328 Å². The molecule has 2 aromatic rings. The summed E-state index contributed by atoms with van der Waals surface area (Å²) in [5.41, 5.74) is 1.16. The molecule has 0 heterocycles. The second-order valence-electron chi connectivity index (χ2n) is 30.9. The maximum absolute atomic E-state index is 11.4. The minimum atomic E-state index is -2.24. The summed E-state index contributed by atoms with van der Waals surface area (Å²) in [5.74, 6) is 6.82. The molecule has 112 heavy (non-hydrogen) atoms. The Labute approximate surface area is 722 Å². The predicted molar refractivity (Wildman–Crippen MR) is 518 cm³/mol. The molecule has 0 aliphatic heterocycles. The van der Waals surface area contributed by atoms with Gasteiger partial charge in [-0.3, -0.25) is 31.8 Å². The standard InChI is InChI=1S/C10H14OS.C9H12S.C8H14.C7H13NO.C7H13NS.C6H13NO.C6H13NS.C5H10N2S.C5H13NOS.C5H11NO.C5H11NS.C5H12OS.C5H12.C4H10OS/c1-9(2)12(11)8-10-6-4-3-5-7-10;1-8(2)10-9-6-4-3-5-7-9;1-7(2)3-4-8-5-6-8;2*1-5(2)7(9)8-6-3-4-6;2*1-4-7-6(8)5(2)3;1-5(2)8(3)7-4-6;1-4-8(6,7)5(2)3;2*1-4(2)5(7)6-3;1-4-7(6)5(2)3;1-4-5(2)3;1-4(2)6(3)5/h3-7,9H,8H2,1-2H3;3-8H,1-2H3;3-4,7-8H,5-6H2,1-2H3;2*5-6H,3-4H2,1-2H3,(H,8,9);2*5H,4H2,1-3H3,(H,7,8);5H,1-3H3;5-6H,4H2,1-3H3;2*4H,1-3H3,(H,6,7);5H,4H2,1-3H3;5H,4H2,1-3H3;4H,1-3H3/b;;4-3+;;;;;;;;;;;. The van der Waals surface area contributed by atoms with Crippen molar-refractivity contribution in [2.75, 3.05) is 51.2 Å². The number of carbonyl (C=O) groups is 3. The van der Waals surface area contributed by atoms with Crippen molar-refractivity contribution in [3.63, 3.8) is 0 Å². The number of benzene rings is 2. The van der Waals surface area contributed by atoms with Gasteiger partial charge in [0.1, 0.15) is 0 Å². The molecule has 5 rings (SSSR count). The Hall–Kier alpha value is -3.35. The molecule has 0 spiro atoms. The Morgan fingerprint density at radius 1 is 0.545 bits per heavy atom. The first-order valence-corrected chi connectivity index (χ1v) is 50.7. The fourth-order valence-corrected chi connectivity index (χ4v) is 9.40. The van der Waals surface area contributed by atoms with E-state index in [-0.39, 0.29) is 56.7 Å². The van der Waals surface area contributed by atoms with Crippen LogP contribution in [0.4, 0.5) is 0 Å². The molecule has 25 heteroatoms. The summed E-state index contributed by atoms with van der Waals surface area (Å²) in [6.45, 7) is 68.3. The highest BCUT2D eigenvalue weighted by Gasteiger charge is 2.24. The number of thioether (sulfide) groups is 1. The number of thiocarbonyl (C=S) groups is 3. The van der Waals surface area contributed by atoms with Crippen LogP contribution in [0.2, 0.25) is 0 Å². The average Bonchev–Trinajstić information content (AvgIpc) is 1.76. The summed E-state index contributed by atoms with van der Waals surface area (Å²) in [7, 11) is -0.722. The summed E-state index contributed by atoms with van der Waals surface area (Å²) >= 11 is 16.8. The van der Waals surface area contributed by atoms with Crippen molar-refractivity contribution in [3.05, 3.63) is 78.4 Å². The van der Waals surface area contributed by atoms with E-state index >= 15 is 0 Å². The maximum Gasteiger partial charge on any atom is 0.222 e. The highest BCUT2D eigenvalue weighted by Crippen LogP contribution is 2.30. The Morgan fingerprint density at radius 3 is 1.13 bits per heavy atom. The molecular formula is C87H171N9O7S9. The Bertz CT molecular complexity index is 2820. The molecule has 16 nitrogen and oxygen atoms in total. The largest absolute Gasteiger partial charge is 0.383 e. The van der Waals surface area contributed by atoms with Gasteiger partial charge in [-0.15, -0.1) is 11.8 Å². The molecule has 0 saturated heterocycles. The SMILES string of the molecule is CC(C)/C=C/C1CC1.CC(C)C(=O)NC1CC1.CC(C)C(=S)NC1CC1.CC(C)S(=O)Cc1ccccc1.CC(C)S(C)=NC#N.CC(C)S(C)=O.CC(C)Sc1ccccc1.CCC(C)C.CCNC(=O)C(C)C.CCNC(=S)C(C)C.CCS(=N)(=O)C(C)C.CCS(=O)C(C)C.CNC(=O)C(C)C.CNC(=S)C(C)C. The highest BCUT2D eigenvalue weighted by atomic mass is 32.2. The lowest BCUT2D eigenvalue weighted by Gasteiger charge is -2.08. The van der Waals surface area contributed by atoms with E-state index in [4.69, 9.17) is 46.7 Å². The zero-order chi connectivity index (χ0) is 89.6. The Balaban J connectivity index is -0.000000146. The summed E-state index contributed by atoms with van der Waals surface area (Å²) in [5, 5.41) is 27.6. The van der Waals surface area contributed by atoms with E-state index in [2.05, 4.69) is 183 Å². The lowest BCUT2D eigenvalue weighted by molar-refractivity contribution is -0.124. The zero-order valence-electron chi connectivity index (χ0n) is 77.7. The van der Waals surface area contributed by atoms with E-state index in [1.807, 2.05) is 172 Å². The summed E-state index contributed by atoms with van der Waals surface area (Å²) in [6, 6.07) is 21.7. The van der Waals surface area contributed by atoms with E-state index in [0.717, 1.165) is 63.2 Å². The van der Waals surface area contributed by atoms with Crippen LogP contribution in [0.3, 0.4) is 0 Å². The molecule has 0 radical (unpaired) electrons. The minimum Gasteiger partial charge on any atom is -0.383 e. The van der Waals surface area contributed by atoms with Crippen LogP contribution >= 0.6 is 48.4 Å². The van der Waals surface area contributed by atoms with Gasteiger partial charge in [-0.25, -0.2) is 4.21 Å². The zero-order valence-corrected chi connectivity index (χ0v) is 85.0. The molecule has 3 amide bonds. The van der Waals surface area contributed by atoms with E-state index in [0.29, 0.717) is 56.3 Å². The third-order valence-corrected chi connectivity index (χ3v) is 26.3. The Kier molecular flexibility index (Phi) is 92.1. The molecule has 3 aliphatic carbocycles. The van der Waals surface area contributed by atoms with Gasteiger partial charge < -0.3 is 31.9 Å². The monoisotopic (exact) mass is 1740 g/mol. The van der Waals surface area contributed by atoms with E-state index in [9.17, 15) is 31.2 Å². The van der Waals surface area contributed by atoms with Gasteiger partial charge in [-0.2, -0.15) is 9.62 Å². The number of nitriles is 1. The van der Waals surface area contributed by atoms with Crippen molar-refractivity contribution in [1.29, 1.82) is 10.0 Å². The first-order chi connectivity index (χ1) is 51.7. The molecule has 3 saturated carbocycles. The van der Waals surface area contributed by atoms with E-state index < -0.39 is 42.1 Å². The molecule has 3 aliphatic rings. The number of hydrogen-bond acceptors (Lipinski definition) is 14. The van der Waals surface area contributed by atoms with Crippen molar-refractivity contribution >= 4 is 134 Å². The molecule has 7 N–H and O–H groups in total. The van der Waals surface area contributed by atoms with Gasteiger partial charge in [0.2, 0.25) is 23.9 Å². The minimum absolute atomic E-state index is 0.00694. The number of nitrogens with zero attached hydrogens (tertiary/aromatic N) is 2. The van der Waals surface area contributed by atoms with Crippen LogP contribution in [-0.4, -0.2) is 144 Å². The molecule has 0 aromatic heterocycles. The van der Waals surface area contributed by atoms with Crippen LogP contribution in [0, 0.1) is 69.5 Å². The fraction of sp³-hybridized carbons (Fsp3) is 0.759. The third-order valence-electron chi connectivity index (χ3n) is 14.7. The normalized spacial score (nSPS) is 13.7. The topological polar surface area (TPSA) is 252 Å². The molecule has 2 aromatic carbocycles. The fourth-order valence-electron chi connectivity index (χ4n) is 5.71. The first-order valence-electron chi connectivity index (χ1n) is 40.8. The smallest absolute Gasteiger partial charge is 0.222 e. The number of nitrogens with one attached hydrogen (secondary N) is 7. The third kappa shape index (κ3) is 101. The number of amides is 3. The van der Waals surface area contributed by atoms with Crippen molar-refractivity contribution in [2.24, 2.45) is 57.6 Å². The van der Waals surface area contributed by atoms with Gasteiger partial charge in [0.05, 0.1) is 15.0 Å². The van der Waals surface area contributed by atoms with Gasteiger partial charge in [-0.1, -0.05) is 329 Å². The number of rotatable bonds is 24. The molecule has 0 bridgehead atoms. The number of carbonyl (C=O) groups excluding carboxylic acids is 3. The summed E-state index contributed by atoms with van der Waals surface area (Å²) in [6.07, 6.45) is 19.3. The molecule has 660 valence electrons. The van der Waals surface area contributed by atoms with Crippen LogP contribution in [-0.2, 0) is 73.0 Å². The maximum atomic E-state index is 11.4. The van der Waals surface area contributed by atoms with Crippen molar-refractivity contribution in [3.8, 4) is 6.19 Å². The van der Waals surface area contributed by atoms with Gasteiger partial charge in [-0.05, 0) is 94.1 Å². The summed E-state index contributed by atoms with van der Waals surface area (Å²) in [4.78, 5) is 36.2. The van der Waals surface area contributed by atoms with Crippen LogP contribution in [0.5, 0.6) is 0 Å². The lowest BCUT2D eigenvalue weighted by Crippen LogP contribution is -2.29. The van der Waals surface area contributed by atoms with Crippen molar-refractivity contribution in [1.82, 2.24) is 31.9 Å². The quantitative estimate of drug-likeness (QED) is 0.0223. The number of allylic oxidation sites excluding steroid dienone is 2. The lowest BCUT2D eigenvalue weighted by atomic mass is 10.2. The van der Waals surface area contributed by atoms with Crippen LogP contribution in [0.1, 0.15) is 279 Å². The van der Waals surface area contributed by atoms with Gasteiger partial charge in [0.25, 0.3) is 0 Å². The molecule has 5 atom stereocenters. The first kappa shape index (κ1) is 127. The number of hydrogen-bond donors (Lipinski definition) is 7. The van der Waals surface area contributed by atoms with Crippen LogP contribution in [0.25, 0.3) is 0 Å². The predicted octanol–water partition coefficient (Wildman–Crippen LogP) is 21.5. The average molecular weight is 1740 g/mol.